The summed E-state index contributed by atoms with van der Waals surface area (Å²) in [5.41, 5.74) is 4.45. The number of unbranched alkanes of at least 4 members (excludes halogenated alkanes) is 1. The van der Waals surface area contributed by atoms with Gasteiger partial charge in [0, 0.05) is 33.8 Å². The number of fused-ring (bicyclic) bond motifs is 2. The van der Waals surface area contributed by atoms with Gasteiger partial charge in [-0.1, -0.05) is 80.1 Å². The summed E-state index contributed by atoms with van der Waals surface area (Å²) in [5.74, 6) is -0.989. The van der Waals surface area contributed by atoms with E-state index in [2.05, 4.69) is 23.3 Å². The molecule has 3 N–H and O–H groups in total. The number of carboxylic acids is 1. The topological polar surface area (TPSA) is 126 Å². The Hall–Kier alpha value is -6.28. The maximum atomic E-state index is 14.4. The van der Waals surface area contributed by atoms with Gasteiger partial charge < -0.3 is 20.1 Å². The second-order valence-electron chi connectivity index (χ2n) is 12.1. The average molecular weight is 649 g/mol. The van der Waals surface area contributed by atoms with Gasteiger partial charge >= 0.3 is 5.97 Å². The molecule has 0 spiro atoms. The molecule has 1 heterocycles. The molecule has 0 bridgehead atoms. The Kier molecular flexibility index (Phi) is 8.14. The normalized spacial score (nSPS) is 11.7. The molecular formula is C41H32N2O6. The van der Waals surface area contributed by atoms with Crippen LogP contribution in [0.25, 0.3) is 22.0 Å². The Morgan fingerprint density at radius 3 is 2.20 bits per heavy atom. The predicted molar refractivity (Wildman–Crippen MR) is 190 cm³/mol. The van der Waals surface area contributed by atoms with E-state index in [1.165, 1.54) is 17.7 Å². The number of aromatic amines is 1. The van der Waals surface area contributed by atoms with Gasteiger partial charge in [0.25, 0.3) is 5.56 Å². The number of anilines is 2. The minimum Gasteiger partial charge on any atom is -0.478 e. The third-order valence-electron chi connectivity index (χ3n) is 8.88. The summed E-state index contributed by atoms with van der Waals surface area (Å²) >= 11 is 0. The Balaban J connectivity index is 1.51. The minimum absolute atomic E-state index is 0.0785. The van der Waals surface area contributed by atoms with Crippen LogP contribution < -0.4 is 15.6 Å². The van der Waals surface area contributed by atoms with Crippen molar-refractivity contribution in [2.45, 2.75) is 33.1 Å². The summed E-state index contributed by atoms with van der Waals surface area (Å²) in [5, 5.41) is 13.1. The monoisotopic (exact) mass is 648 g/mol. The summed E-state index contributed by atoms with van der Waals surface area (Å²) in [6.45, 7) is 4.11. The van der Waals surface area contributed by atoms with Crippen molar-refractivity contribution in [1.29, 1.82) is 0 Å². The molecule has 0 aliphatic heterocycles. The number of hydrogen-bond acceptors (Lipinski definition) is 6. The highest BCUT2D eigenvalue weighted by Gasteiger charge is 2.34. The molecule has 0 saturated carbocycles. The number of aryl methyl sites for hydroxylation is 2. The van der Waals surface area contributed by atoms with E-state index >= 15 is 0 Å². The first kappa shape index (κ1) is 31.3. The number of carbonyl (C=O) groups is 3. The van der Waals surface area contributed by atoms with Crippen LogP contribution in [0.15, 0.2) is 108 Å². The molecule has 7 rings (SSSR count). The summed E-state index contributed by atoms with van der Waals surface area (Å²) in [6, 6.07) is 29.3. The lowest BCUT2D eigenvalue weighted by Gasteiger charge is -2.26. The number of hydrogen-bond donors (Lipinski definition) is 3. The van der Waals surface area contributed by atoms with Gasteiger partial charge in [0.05, 0.1) is 27.9 Å². The summed E-state index contributed by atoms with van der Waals surface area (Å²) in [4.78, 5) is 57.0. The zero-order valence-corrected chi connectivity index (χ0v) is 26.9. The number of carbonyl (C=O) groups excluding carboxylic acids is 2. The van der Waals surface area contributed by atoms with Gasteiger partial charge in [-0.15, -0.1) is 0 Å². The van der Waals surface area contributed by atoms with Crippen LogP contribution in [0.5, 0.6) is 11.5 Å². The Morgan fingerprint density at radius 1 is 0.796 bits per heavy atom. The van der Waals surface area contributed by atoms with Gasteiger partial charge in [0.1, 0.15) is 5.75 Å². The molecule has 1 aromatic heterocycles. The summed E-state index contributed by atoms with van der Waals surface area (Å²) in [7, 11) is 0. The fourth-order valence-corrected chi connectivity index (χ4v) is 6.45. The summed E-state index contributed by atoms with van der Waals surface area (Å²) in [6.07, 6.45) is 3.09. The lowest BCUT2D eigenvalue weighted by molar-refractivity contribution is 0.0696. The van der Waals surface area contributed by atoms with E-state index in [4.69, 9.17) is 4.74 Å². The summed E-state index contributed by atoms with van der Waals surface area (Å²) < 4.78 is 6.57. The van der Waals surface area contributed by atoms with Crippen molar-refractivity contribution in [3.05, 3.63) is 152 Å². The number of aromatic carboxylic acids is 1. The quantitative estimate of drug-likeness (QED) is 0.127. The van der Waals surface area contributed by atoms with Crippen molar-refractivity contribution in [2.24, 2.45) is 0 Å². The van der Waals surface area contributed by atoms with Crippen LogP contribution in [0, 0.1) is 6.92 Å². The molecule has 0 unspecified atom stereocenters. The number of nitrogens with one attached hydrogen (secondary N) is 2. The van der Waals surface area contributed by atoms with Gasteiger partial charge in [-0.2, -0.15) is 0 Å². The standard InChI is InChI=1S/C41H32N2O6/c1-3-4-10-24-15-20-31(23(2)21-24)49-32-22-30(42-27-18-16-26(17-19-27)41(47)48)34-35-33(28-13-8-9-14-29(28)39(34)45)36(40(46)43-37(32)35)38(44)25-11-6-5-7-12-25/h5-9,11-22,42H,3-4,10H2,1-2H3,(H,43,46)(H,47,48). The van der Waals surface area contributed by atoms with Crippen LogP contribution in [0.3, 0.4) is 0 Å². The first-order valence-electron chi connectivity index (χ1n) is 16.1. The fraction of sp³-hybridized carbons (Fsp3) is 0.122. The lowest BCUT2D eigenvalue weighted by Crippen LogP contribution is -2.24. The number of carboxylic acid groups (broad SMARTS) is 1. The number of rotatable bonds is 10. The largest absolute Gasteiger partial charge is 0.478 e. The molecule has 242 valence electrons. The van der Waals surface area contributed by atoms with Gasteiger partial charge in [-0.3, -0.25) is 14.4 Å². The molecule has 1 aliphatic rings. The molecule has 0 saturated heterocycles. The van der Waals surface area contributed by atoms with Crippen LogP contribution >= 0.6 is 0 Å². The van der Waals surface area contributed by atoms with Gasteiger partial charge in [-0.05, 0) is 66.8 Å². The van der Waals surface area contributed by atoms with Crippen LogP contribution in [-0.4, -0.2) is 27.6 Å². The molecule has 8 heteroatoms. The second kappa shape index (κ2) is 12.7. The van der Waals surface area contributed by atoms with E-state index < -0.39 is 17.3 Å². The first-order chi connectivity index (χ1) is 23.7. The number of ketones is 2. The molecule has 0 radical (unpaired) electrons. The maximum absolute atomic E-state index is 14.4. The van der Waals surface area contributed by atoms with E-state index in [9.17, 15) is 24.3 Å². The van der Waals surface area contributed by atoms with Crippen LogP contribution in [-0.2, 0) is 6.42 Å². The van der Waals surface area contributed by atoms with E-state index in [1.54, 1.807) is 72.8 Å². The molecular weight excluding hydrogens is 616 g/mol. The number of H-pyrrole nitrogens is 1. The van der Waals surface area contributed by atoms with Crippen molar-refractivity contribution >= 4 is 39.8 Å². The van der Waals surface area contributed by atoms with Crippen molar-refractivity contribution < 1.29 is 24.2 Å². The van der Waals surface area contributed by atoms with Gasteiger partial charge in [0.15, 0.2) is 17.3 Å². The second-order valence-corrected chi connectivity index (χ2v) is 12.1. The van der Waals surface area contributed by atoms with Crippen LogP contribution in [0.4, 0.5) is 11.4 Å². The van der Waals surface area contributed by atoms with E-state index in [-0.39, 0.29) is 33.7 Å². The van der Waals surface area contributed by atoms with E-state index in [0.29, 0.717) is 44.8 Å². The zero-order chi connectivity index (χ0) is 34.2. The van der Waals surface area contributed by atoms with Crippen molar-refractivity contribution in [2.75, 3.05) is 5.32 Å². The number of benzene rings is 5. The highest BCUT2D eigenvalue weighted by Crippen LogP contribution is 2.47. The SMILES string of the molecule is CCCCc1ccc(Oc2cc(Nc3ccc(C(=O)O)cc3)c3c4c(c(C(=O)c5ccccc5)c(=O)[nH]c24)-c2ccccc2C3=O)c(C)c1. The Bertz CT molecular complexity index is 2360. The van der Waals surface area contributed by atoms with Gasteiger partial charge in [-0.25, -0.2) is 4.79 Å². The maximum Gasteiger partial charge on any atom is 0.335 e. The van der Waals surface area contributed by atoms with Crippen molar-refractivity contribution in [3.8, 4) is 22.6 Å². The molecule has 49 heavy (non-hydrogen) atoms. The van der Waals surface area contributed by atoms with E-state index in [1.807, 2.05) is 19.1 Å². The predicted octanol–water partition coefficient (Wildman–Crippen LogP) is 8.86. The number of pyridine rings is 1. The average Bonchev–Trinajstić information content (AvgIpc) is 3.11. The van der Waals surface area contributed by atoms with E-state index in [0.717, 1.165) is 24.8 Å². The molecule has 1 aliphatic carbocycles. The molecule has 8 nitrogen and oxygen atoms in total. The highest BCUT2D eigenvalue weighted by atomic mass is 16.5. The smallest absolute Gasteiger partial charge is 0.335 e. The van der Waals surface area contributed by atoms with Crippen LogP contribution in [0.1, 0.15) is 73.1 Å². The number of aromatic nitrogens is 1. The first-order valence-corrected chi connectivity index (χ1v) is 16.1. The third kappa shape index (κ3) is 5.67. The Labute approximate surface area is 282 Å². The molecule has 0 amide bonds. The third-order valence-corrected chi connectivity index (χ3v) is 8.88. The van der Waals surface area contributed by atoms with Crippen molar-refractivity contribution in [3.63, 3.8) is 0 Å². The molecule has 5 aromatic carbocycles. The fourth-order valence-electron chi connectivity index (χ4n) is 6.45. The zero-order valence-electron chi connectivity index (χ0n) is 26.9. The van der Waals surface area contributed by atoms with Crippen molar-refractivity contribution in [1.82, 2.24) is 4.98 Å². The van der Waals surface area contributed by atoms with Gasteiger partial charge in [0.2, 0.25) is 0 Å². The highest BCUT2D eigenvalue weighted by molar-refractivity contribution is 6.31. The Morgan fingerprint density at radius 2 is 1.51 bits per heavy atom. The molecule has 6 aromatic rings. The minimum atomic E-state index is -1.06. The van der Waals surface area contributed by atoms with Crippen LogP contribution in [0.2, 0.25) is 0 Å². The molecule has 0 atom stereocenters. The molecule has 0 fully saturated rings. The lowest BCUT2D eigenvalue weighted by atomic mass is 9.80. The number of ether oxygens (including phenoxy) is 1.